The largest absolute Gasteiger partial charge is 0.281 e. The molecule has 110 valence electrons. The van der Waals surface area contributed by atoms with Crippen molar-refractivity contribution in [3.8, 4) is 0 Å². The highest BCUT2D eigenvalue weighted by molar-refractivity contribution is 7.92. The second-order valence-corrected chi connectivity index (χ2v) is 6.80. The minimum atomic E-state index is -4.22. The van der Waals surface area contributed by atoms with Crippen LogP contribution in [0.25, 0.3) is 4.96 Å². The van der Waals surface area contributed by atoms with E-state index < -0.39 is 27.3 Å². The molecule has 1 aromatic carbocycles. The molecule has 0 aliphatic rings. The van der Waals surface area contributed by atoms with E-state index in [9.17, 15) is 17.2 Å². The number of nitrogens with one attached hydrogen (secondary N) is 1. The van der Waals surface area contributed by atoms with E-state index in [1.165, 1.54) is 28.0 Å². The van der Waals surface area contributed by atoms with Crippen LogP contribution in [0.3, 0.4) is 0 Å². The Hall–Kier alpha value is -1.71. The van der Waals surface area contributed by atoms with Crippen molar-refractivity contribution < 1.29 is 17.2 Å². The van der Waals surface area contributed by atoms with Gasteiger partial charge in [-0.3, -0.25) is 9.12 Å². The second kappa shape index (κ2) is 4.93. The number of hydrogen-bond donors (Lipinski definition) is 1. The van der Waals surface area contributed by atoms with Crippen molar-refractivity contribution in [2.45, 2.75) is 5.03 Å². The molecule has 0 aliphatic carbocycles. The number of sulfonamides is 1. The zero-order valence-electron chi connectivity index (χ0n) is 10.0. The molecule has 5 nitrogen and oxygen atoms in total. The molecular formula is C11H6ClF2N3O2S2. The smallest absolute Gasteiger partial charge is 0.278 e. The summed E-state index contributed by atoms with van der Waals surface area (Å²) in [5.74, 6) is -2.45. The van der Waals surface area contributed by atoms with E-state index in [2.05, 4.69) is 4.98 Å². The SMILES string of the molecule is O=S(=O)(Nc1cccc(F)c1F)c1c(Cl)nc2sccn12. The van der Waals surface area contributed by atoms with E-state index in [-0.39, 0.29) is 10.2 Å². The fraction of sp³-hybridized carbons (Fsp3) is 0. The molecule has 1 N–H and O–H groups in total. The van der Waals surface area contributed by atoms with Gasteiger partial charge in [-0.2, -0.15) is 8.42 Å². The molecule has 0 amide bonds. The Morgan fingerprint density at radius 3 is 2.86 bits per heavy atom. The number of fused-ring (bicyclic) bond motifs is 1. The molecule has 2 heterocycles. The number of halogens is 3. The number of anilines is 1. The lowest BCUT2D eigenvalue weighted by Gasteiger charge is -2.08. The minimum absolute atomic E-state index is 0.244. The predicted octanol–water partition coefficient (Wildman–Crippen LogP) is 3.13. The van der Waals surface area contributed by atoms with Gasteiger partial charge in [0.05, 0.1) is 5.69 Å². The molecule has 10 heteroatoms. The first-order valence-corrected chi connectivity index (χ1v) is 8.22. The first kappa shape index (κ1) is 14.2. The Kier molecular flexibility index (Phi) is 3.34. The number of hydrogen-bond acceptors (Lipinski definition) is 4. The van der Waals surface area contributed by atoms with Gasteiger partial charge < -0.3 is 0 Å². The average molecular weight is 350 g/mol. The van der Waals surface area contributed by atoms with Gasteiger partial charge in [0.15, 0.2) is 26.8 Å². The Labute approximate surface area is 126 Å². The molecular weight excluding hydrogens is 344 g/mol. The van der Waals surface area contributed by atoms with E-state index in [1.807, 2.05) is 4.72 Å². The van der Waals surface area contributed by atoms with Crippen molar-refractivity contribution in [2.24, 2.45) is 0 Å². The molecule has 0 saturated heterocycles. The maximum atomic E-state index is 13.6. The lowest BCUT2D eigenvalue weighted by Crippen LogP contribution is -2.16. The van der Waals surface area contributed by atoms with Gasteiger partial charge in [-0.1, -0.05) is 17.7 Å². The van der Waals surface area contributed by atoms with E-state index in [0.29, 0.717) is 4.96 Å². The lowest BCUT2D eigenvalue weighted by molar-refractivity contribution is 0.511. The van der Waals surface area contributed by atoms with Gasteiger partial charge in [0.25, 0.3) is 10.0 Å². The van der Waals surface area contributed by atoms with Crippen LogP contribution in [0.4, 0.5) is 14.5 Å². The first-order valence-electron chi connectivity index (χ1n) is 5.48. The lowest BCUT2D eigenvalue weighted by atomic mass is 10.3. The summed E-state index contributed by atoms with van der Waals surface area (Å²) in [4.78, 5) is 4.26. The van der Waals surface area contributed by atoms with Crippen LogP contribution < -0.4 is 4.72 Å². The highest BCUT2D eigenvalue weighted by atomic mass is 35.5. The summed E-state index contributed by atoms with van der Waals surface area (Å²) in [7, 11) is -4.22. The van der Waals surface area contributed by atoms with Crippen LogP contribution in [-0.4, -0.2) is 17.8 Å². The van der Waals surface area contributed by atoms with Crippen LogP contribution in [0.2, 0.25) is 5.15 Å². The topological polar surface area (TPSA) is 63.5 Å². The van der Waals surface area contributed by atoms with Gasteiger partial charge in [-0.15, -0.1) is 11.3 Å². The molecule has 0 bridgehead atoms. The average Bonchev–Trinajstić information content (AvgIpc) is 2.94. The fourth-order valence-electron chi connectivity index (χ4n) is 1.75. The van der Waals surface area contributed by atoms with Crippen molar-refractivity contribution in [2.75, 3.05) is 4.72 Å². The van der Waals surface area contributed by atoms with Gasteiger partial charge in [0.1, 0.15) is 0 Å². The Balaban J connectivity index is 2.11. The summed E-state index contributed by atoms with van der Waals surface area (Å²) < 4.78 is 54.6. The molecule has 0 aliphatic heterocycles. The third-order valence-corrected chi connectivity index (χ3v) is 5.15. The normalized spacial score (nSPS) is 12.0. The quantitative estimate of drug-likeness (QED) is 0.790. The third kappa shape index (κ3) is 2.37. The molecule has 0 fully saturated rings. The molecule has 0 radical (unpaired) electrons. The maximum Gasteiger partial charge on any atom is 0.281 e. The summed E-state index contributed by atoms with van der Waals surface area (Å²) in [5.41, 5.74) is -0.503. The monoisotopic (exact) mass is 349 g/mol. The van der Waals surface area contributed by atoms with Crippen LogP contribution in [0.5, 0.6) is 0 Å². The van der Waals surface area contributed by atoms with Crippen LogP contribution in [0, 0.1) is 11.6 Å². The molecule has 0 saturated carbocycles. The molecule has 3 rings (SSSR count). The minimum Gasteiger partial charge on any atom is -0.278 e. The molecule has 0 atom stereocenters. The van der Waals surface area contributed by atoms with Crippen LogP contribution in [-0.2, 0) is 10.0 Å². The Morgan fingerprint density at radius 2 is 2.10 bits per heavy atom. The van der Waals surface area contributed by atoms with E-state index >= 15 is 0 Å². The van der Waals surface area contributed by atoms with Gasteiger partial charge in [0, 0.05) is 11.6 Å². The number of nitrogens with zero attached hydrogens (tertiary/aromatic N) is 2. The predicted molar refractivity (Wildman–Crippen MR) is 75.2 cm³/mol. The summed E-state index contributed by atoms with van der Waals surface area (Å²) in [6, 6.07) is 3.18. The Bertz CT molecular complexity index is 936. The summed E-state index contributed by atoms with van der Waals surface area (Å²) in [6.45, 7) is 0. The van der Waals surface area contributed by atoms with Crippen LogP contribution in [0.15, 0.2) is 34.8 Å². The highest BCUT2D eigenvalue weighted by Crippen LogP contribution is 2.28. The molecule has 21 heavy (non-hydrogen) atoms. The number of thiazole rings is 1. The number of benzene rings is 1. The second-order valence-electron chi connectivity index (χ2n) is 3.97. The van der Waals surface area contributed by atoms with Crippen LogP contribution in [0.1, 0.15) is 0 Å². The fourth-order valence-corrected chi connectivity index (χ4v) is 4.27. The highest BCUT2D eigenvalue weighted by Gasteiger charge is 2.26. The van der Waals surface area contributed by atoms with E-state index in [1.54, 1.807) is 5.38 Å². The van der Waals surface area contributed by atoms with Crippen molar-refractivity contribution in [1.29, 1.82) is 0 Å². The van der Waals surface area contributed by atoms with Gasteiger partial charge in [-0.05, 0) is 12.1 Å². The number of aromatic nitrogens is 2. The standard InChI is InChI=1S/C11H6ClF2N3O2S2/c12-9-10(17-4-5-20-11(17)15-9)21(18,19)16-7-3-1-2-6(13)8(7)14/h1-5,16H. The number of rotatable bonds is 3. The first-order chi connectivity index (χ1) is 9.90. The number of imidazole rings is 1. The van der Waals surface area contributed by atoms with Crippen molar-refractivity contribution in [3.63, 3.8) is 0 Å². The van der Waals surface area contributed by atoms with E-state index in [4.69, 9.17) is 11.6 Å². The van der Waals surface area contributed by atoms with Gasteiger partial charge in [-0.25, -0.2) is 13.8 Å². The Morgan fingerprint density at radius 1 is 1.33 bits per heavy atom. The summed E-state index contributed by atoms with van der Waals surface area (Å²) >= 11 is 7.01. The van der Waals surface area contributed by atoms with Crippen molar-refractivity contribution in [1.82, 2.24) is 9.38 Å². The summed E-state index contributed by atoms with van der Waals surface area (Å²) in [5, 5.41) is 1.05. The zero-order chi connectivity index (χ0) is 15.2. The van der Waals surface area contributed by atoms with Gasteiger partial charge >= 0.3 is 0 Å². The third-order valence-electron chi connectivity index (χ3n) is 2.63. The van der Waals surface area contributed by atoms with Crippen molar-refractivity contribution >= 4 is 43.6 Å². The molecule has 3 aromatic rings. The van der Waals surface area contributed by atoms with Gasteiger partial charge in [0.2, 0.25) is 0 Å². The molecule has 0 spiro atoms. The summed E-state index contributed by atoms with van der Waals surface area (Å²) in [6.07, 6.45) is 1.47. The zero-order valence-corrected chi connectivity index (χ0v) is 12.4. The van der Waals surface area contributed by atoms with Crippen LogP contribution >= 0.6 is 22.9 Å². The molecule has 0 unspecified atom stereocenters. The maximum absolute atomic E-state index is 13.6. The van der Waals surface area contributed by atoms with E-state index in [0.717, 1.165) is 12.1 Å². The van der Waals surface area contributed by atoms with Crippen molar-refractivity contribution in [3.05, 3.63) is 46.6 Å². The molecule has 2 aromatic heterocycles.